The number of benzene rings is 1. The zero-order valence-corrected chi connectivity index (χ0v) is 15.4. The molecule has 0 saturated carbocycles. The van der Waals surface area contributed by atoms with Crippen molar-refractivity contribution in [3.8, 4) is 11.4 Å². The SMILES string of the molecule is CCC(=O)N1CCC(NC(=O)Nc2cnc(-c3cc(F)cc(F)c3)nc2)CC1. The van der Waals surface area contributed by atoms with E-state index in [4.69, 9.17) is 0 Å². The van der Waals surface area contributed by atoms with Crippen molar-refractivity contribution in [1.29, 1.82) is 0 Å². The largest absolute Gasteiger partial charge is 0.343 e. The quantitative estimate of drug-likeness (QED) is 0.842. The van der Waals surface area contributed by atoms with Crippen LogP contribution in [0.25, 0.3) is 11.4 Å². The number of nitrogens with one attached hydrogen (secondary N) is 2. The van der Waals surface area contributed by atoms with Crippen LogP contribution in [0.4, 0.5) is 19.3 Å². The fraction of sp³-hybridized carbons (Fsp3) is 0.368. The Balaban J connectivity index is 1.53. The molecule has 2 N–H and O–H groups in total. The predicted octanol–water partition coefficient (Wildman–Crippen LogP) is 2.94. The molecule has 2 aromatic rings. The number of nitrogens with zero attached hydrogens (tertiary/aromatic N) is 3. The zero-order valence-electron chi connectivity index (χ0n) is 15.4. The molecule has 0 bridgehead atoms. The maximum Gasteiger partial charge on any atom is 0.319 e. The molecule has 0 atom stereocenters. The number of amides is 3. The third kappa shape index (κ3) is 4.99. The Morgan fingerprint density at radius 3 is 2.29 bits per heavy atom. The Kier molecular flexibility index (Phi) is 6.13. The molecule has 1 saturated heterocycles. The van der Waals surface area contributed by atoms with Gasteiger partial charge < -0.3 is 15.5 Å². The molecule has 28 heavy (non-hydrogen) atoms. The summed E-state index contributed by atoms with van der Waals surface area (Å²) in [4.78, 5) is 33.7. The number of aromatic nitrogens is 2. The van der Waals surface area contributed by atoms with Crippen LogP contribution in [0.15, 0.2) is 30.6 Å². The van der Waals surface area contributed by atoms with Crippen LogP contribution in [0.5, 0.6) is 0 Å². The summed E-state index contributed by atoms with van der Waals surface area (Å²) in [5.41, 5.74) is 0.568. The summed E-state index contributed by atoms with van der Waals surface area (Å²) in [6, 6.07) is 2.62. The number of carbonyl (C=O) groups excluding carboxylic acids is 2. The van der Waals surface area contributed by atoms with Crippen LogP contribution >= 0.6 is 0 Å². The lowest BCUT2D eigenvalue weighted by atomic mass is 10.1. The van der Waals surface area contributed by atoms with E-state index in [1.165, 1.54) is 12.4 Å². The van der Waals surface area contributed by atoms with Crippen LogP contribution in [0.2, 0.25) is 0 Å². The first-order valence-electron chi connectivity index (χ1n) is 9.08. The van der Waals surface area contributed by atoms with E-state index < -0.39 is 17.7 Å². The van der Waals surface area contributed by atoms with Gasteiger partial charge in [0.25, 0.3) is 0 Å². The van der Waals surface area contributed by atoms with Crippen LogP contribution in [0, 0.1) is 11.6 Å². The van der Waals surface area contributed by atoms with E-state index in [1.807, 2.05) is 6.92 Å². The smallest absolute Gasteiger partial charge is 0.319 e. The summed E-state index contributed by atoms with van der Waals surface area (Å²) in [7, 11) is 0. The number of carbonyl (C=O) groups is 2. The second kappa shape index (κ2) is 8.73. The van der Waals surface area contributed by atoms with Crippen molar-refractivity contribution in [2.24, 2.45) is 0 Å². The highest BCUT2D eigenvalue weighted by molar-refractivity contribution is 5.89. The highest BCUT2D eigenvalue weighted by atomic mass is 19.1. The number of piperidine rings is 1. The van der Waals surface area contributed by atoms with Crippen LogP contribution in [-0.4, -0.2) is 45.9 Å². The molecule has 0 spiro atoms. The first kappa shape index (κ1) is 19.7. The Hall–Kier alpha value is -3.10. The minimum absolute atomic E-state index is 0.0173. The Bertz CT molecular complexity index is 832. The van der Waals surface area contributed by atoms with Crippen molar-refractivity contribution in [2.75, 3.05) is 18.4 Å². The van der Waals surface area contributed by atoms with Gasteiger partial charge in [0.2, 0.25) is 5.91 Å². The summed E-state index contributed by atoms with van der Waals surface area (Å²) in [6.07, 6.45) is 4.61. The van der Waals surface area contributed by atoms with Crippen molar-refractivity contribution in [3.05, 3.63) is 42.2 Å². The first-order chi connectivity index (χ1) is 13.4. The van der Waals surface area contributed by atoms with E-state index in [9.17, 15) is 18.4 Å². The number of hydrogen-bond acceptors (Lipinski definition) is 4. The fourth-order valence-corrected chi connectivity index (χ4v) is 3.07. The summed E-state index contributed by atoms with van der Waals surface area (Å²) in [5.74, 6) is -1.16. The van der Waals surface area contributed by atoms with Gasteiger partial charge in [0.1, 0.15) is 11.6 Å². The summed E-state index contributed by atoms with van der Waals surface area (Å²) < 4.78 is 26.6. The van der Waals surface area contributed by atoms with Crippen LogP contribution in [0.3, 0.4) is 0 Å². The molecule has 3 amide bonds. The Morgan fingerprint density at radius 1 is 1.11 bits per heavy atom. The average molecular weight is 389 g/mol. The Labute approximate surface area is 161 Å². The molecule has 3 rings (SSSR count). The van der Waals surface area contributed by atoms with Crippen molar-refractivity contribution in [3.63, 3.8) is 0 Å². The average Bonchev–Trinajstić information content (AvgIpc) is 2.67. The Morgan fingerprint density at radius 2 is 1.71 bits per heavy atom. The molecular weight excluding hydrogens is 368 g/mol. The van der Waals surface area contributed by atoms with Gasteiger partial charge in [-0.25, -0.2) is 23.5 Å². The number of hydrogen-bond donors (Lipinski definition) is 2. The summed E-state index contributed by atoms with van der Waals surface area (Å²) in [6.45, 7) is 3.08. The second-order valence-electron chi connectivity index (χ2n) is 6.56. The maximum absolute atomic E-state index is 13.3. The molecule has 0 aliphatic carbocycles. The molecular formula is C19H21F2N5O2. The molecule has 7 nitrogen and oxygen atoms in total. The van der Waals surface area contributed by atoms with Gasteiger partial charge in [0, 0.05) is 37.2 Å². The zero-order chi connectivity index (χ0) is 20.1. The van der Waals surface area contributed by atoms with E-state index >= 15 is 0 Å². The third-order valence-electron chi connectivity index (χ3n) is 4.52. The van der Waals surface area contributed by atoms with E-state index in [-0.39, 0.29) is 23.3 Å². The molecule has 1 fully saturated rings. The van der Waals surface area contributed by atoms with Gasteiger partial charge in [-0.15, -0.1) is 0 Å². The van der Waals surface area contributed by atoms with Gasteiger partial charge in [-0.05, 0) is 25.0 Å². The normalized spacial score (nSPS) is 14.6. The molecule has 1 aliphatic heterocycles. The van der Waals surface area contributed by atoms with E-state index in [2.05, 4.69) is 20.6 Å². The van der Waals surface area contributed by atoms with Crippen molar-refractivity contribution in [1.82, 2.24) is 20.2 Å². The van der Waals surface area contributed by atoms with Gasteiger partial charge in [-0.3, -0.25) is 4.79 Å². The van der Waals surface area contributed by atoms with Gasteiger partial charge in [0.15, 0.2) is 5.82 Å². The molecule has 1 aromatic heterocycles. The van der Waals surface area contributed by atoms with Gasteiger partial charge in [-0.2, -0.15) is 0 Å². The lowest BCUT2D eigenvalue weighted by Gasteiger charge is -2.32. The van der Waals surface area contributed by atoms with E-state index in [0.29, 0.717) is 38.0 Å². The van der Waals surface area contributed by atoms with Crippen molar-refractivity contribution >= 4 is 17.6 Å². The summed E-state index contributed by atoms with van der Waals surface area (Å²) >= 11 is 0. The predicted molar refractivity (Wildman–Crippen MR) is 99.4 cm³/mol. The lowest BCUT2D eigenvalue weighted by molar-refractivity contribution is -0.131. The first-order valence-corrected chi connectivity index (χ1v) is 9.08. The molecule has 0 radical (unpaired) electrons. The molecule has 0 unspecified atom stereocenters. The minimum Gasteiger partial charge on any atom is -0.343 e. The molecule has 1 aliphatic rings. The van der Waals surface area contributed by atoms with Crippen LogP contribution in [-0.2, 0) is 4.79 Å². The number of likely N-dealkylation sites (tertiary alicyclic amines) is 1. The van der Waals surface area contributed by atoms with Gasteiger partial charge in [0.05, 0.1) is 18.1 Å². The number of rotatable bonds is 4. The number of anilines is 1. The number of halogens is 2. The van der Waals surface area contributed by atoms with E-state index in [0.717, 1.165) is 18.2 Å². The minimum atomic E-state index is -0.716. The van der Waals surface area contributed by atoms with Crippen molar-refractivity contribution in [2.45, 2.75) is 32.2 Å². The van der Waals surface area contributed by atoms with Crippen LogP contribution in [0.1, 0.15) is 26.2 Å². The summed E-state index contributed by atoms with van der Waals surface area (Å²) in [5, 5.41) is 5.50. The standard InChI is InChI=1S/C19H21F2N5O2/c1-2-17(27)26-5-3-15(4-6-26)24-19(28)25-16-10-22-18(23-11-16)12-7-13(20)9-14(21)8-12/h7-11,15H,2-6H2,1H3,(H2,24,25,28). The maximum atomic E-state index is 13.3. The van der Waals surface area contributed by atoms with Gasteiger partial charge >= 0.3 is 6.03 Å². The second-order valence-corrected chi connectivity index (χ2v) is 6.56. The highest BCUT2D eigenvalue weighted by Gasteiger charge is 2.23. The highest BCUT2D eigenvalue weighted by Crippen LogP contribution is 2.18. The van der Waals surface area contributed by atoms with Crippen LogP contribution < -0.4 is 10.6 Å². The molecule has 2 heterocycles. The lowest BCUT2D eigenvalue weighted by Crippen LogP contribution is -2.47. The molecule has 148 valence electrons. The monoisotopic (exact) mass is 389 g/mol. The third-order valence-corrected chi connectivity index (χ3v) is 4.52. The topological polar surface area (TPSA) is 87.2 Å². The van der Waals surface area contributed by atoms with Gasteiger partial charge in [-0.1, -0.05) is 6.92 Å². The fourth-order valence-electron chi connectivity index (χ4n) is 3.07. The number of urea groups is 1. The van der Waals surface area contributed by atoms with E-state index in [1.54, 1.807) is 4.90 Å². The molecule has 9 heteroatoms. The molecule has 1 aromatic carbocycles. The van der Waals surface area contributed by atoms with Crippen molar-refractivity contribution < 1.29 is 18.4 Å².